The number of alkyl halides is 1. The van der Waals surface area contributed by atoms with Crippen molar-refractivity contribution in [2.45, 2.75) is 13.0 Å². The van der Waals surface area contributed by atoms with Crippen LogP contribution in [0.2, 0.25) is 0 Å². The zero-order valence-electron chi connectivity index (χ0n) is 7.71. The van der Waals surface area contributed by atoms with E-state index in [0.717, 1.165) is 10.9 Å². The Bertz CT molecular complexity index is 434. The number of fused-ring (bicyclic) bond motifs is 1. The summed E-state index contributed by atoms with van der Waals surface area (Å²) in [5.74, 6) is -0.252. The first-order valence-electron chi connectivity index (χ1n) is 4.61. The van der Waals surface area contributed by atoms with Crippen molar-refractivity contribution in [3.63, 3.8) is 0 Å². The Balaban J connectivity index is 2.40. The maximum atomic E-state index is 12.9. The van der Waals surface area contributed by atoms with Crippen LogP contribution in [0.3, 0.4) is 0 Å². The van der Waals surface area contributed by atoms with Crippen molar-refractivity contribution in [1.29, 1.82) is 0 Å². The fourth-order valence-electron chi connectivity index (χ4n) is 1.58. The minimum absolute atomic E-state index is 0.252. The highest BCUT2D eigenvalue weighted by Gasteiger charge is 2.01. The van der Waals surface area contributed by atoms with Gasteiger partial charge in [-0.05, 0) is 36.1 Å². The average Bonchev–Trinajstić information content (AvgIpc) is 2.57. The average molecular weight is 195 g/mol. The first-order chi connectivity index (χ1) is 6.81. The van der Waals surface area contributed by atoms with Gasteiger partial charge in [-0.25, -0.2) is 4.39 Å². The third-order valence-electron chi connectivity index (χ3n) is 2.27. The summed E-state index contributed by atoms with van der Waals surface area (Å²) in [5, 5.41) is 0.991. The number of aryl methyl sites for hydroxylation is 1. The molecule has 0 unspecified atom stereocenters. The molecule has 0 N–H and O–H groups in total. The fourth-order valence-corrected chi connectivity index (χ4v) is 1.58. The summed E-state index contributed by atoms with van der Waals surface area (Å²) in [5.41, 5.74) is 0.832. The number of rotatable bonds is 3. The maximum absolute atomic E-state index is 12.9. The lowest BCUT2D eigenvalue weighted by molar-refractivity contribution is 0.450. The summed E-state index contributed by atoms with van der Waals surface area (Å²) in [4.78, 5) is 0. The van der Waals surface area contributed by atoms with Crippen LogP contribution in [0.5, 0.6) is 0 Å². The van der Waals surface area contributed by atoms with Gasteiger partial charge >= 0.3 is 0 Å². The summed E-state index contributed by atoms with van der Waals surface area (Å²) in [6.07, 6.45) is 2.33. The summed E-state index contributed by atoms with van der Waals surface area (Å²) < 4.78 is 26.8. The molecule has 1 heterocycles. The molecule has 1 aromatic carbocycles. The number of benzene rings is 1. The molecule has 1 nitrogen and oxygen atoms in total. The van der Waals surface area contributed by atoms with Gasteiger partial charge < -0.3 is 4.57 Å². The van der Waals surface area contributed by atoms with E-state index in [4.69, 9.17) is 0 Å². The van der Waals surface area contributed by atoms with Gasteiger partial charge in [-0.3, -0.25) is 4.39 Å². The molecule has 1 aromatic heterocycles. The first kappa shape index (κ1) is 9.19. The van der Waals surface area contributed by atoms with E-state index in [1.54, 1.807) is 6.07 Å². The number of halogens is 2. The minimum Gasteiger partial charge on any atom is -0.347 e. The van der Waals surface area contributed by atoms with Crippen LogP contribution in [0.1, 0.15) is 6.42 Å². The van der Waals surface area contributed by atoms with Gasteiger partial charge in [-0.15, -0.1) is 0 Å². The lowest BCUT2D eigenvalue weighted by Crippen LogP contribution is -1.96. The largest absolute Gasteiger partial charge is 0.347 e. The third kappa shape index (κ3) is 1.62. The Hall–Kier alpha value is -1.38. The van der Waals surface area contributed by atoms with Crippen molar-refractivity contribution in [2.75, 3.05) is 6.67 Å². The Labute approximate surface area is 81.0 Å². The van der Waals surface area contributed by atoms with Crippen LogP contribution in [0, 0.1) is 5.82 Å². The van der Waals surface area contributed by atoms with E-state index in [1.807, 2.05) is 16.8 Å². The van der Waals surface area contributed by atoms with E-state index < -0.39 is 0 Å². The van der Waals surface area contributed by atoms with Gasteiger partial charge in [0.05, 0.1) is 12.2 Å². The van der Waals surface area contributed by atoms with Crippen molar-refractivity contribution in [1.82, 2.24) is 4.57 Å². The molecule has 0 saturated heterocycles. The van der Waals surface area contributed by atoms with Crippen molar-refractivity contribution in [2.24, 2.45) is 0 Å². The van der Waals surface area contributed by atoms with Gasteiger partial charge in [0.2, 0.25) is 0 Å². The molecule has 3 heteroatoms. The molecule has 0 spiro atoms. The second kappa shape index (κ2) is 3.78. The van der Waals surface area contributed by atoms with Crippen LogP contribution in [0.25, 0.3) is 10.9 Å². The van der Waals surface area contributed by atoms with Gasteiger partial charge in [0.25, 0.3) is 0 Å². The summed E-state index contributed by atoms with van der Waals surface area (Å²) in [7, 11) is 0. The molecule has 0 amide bonds. The number of nitrogens with zero attached hydrogens (tertiary/aromatic N) is 1. The van der Waals surface area contributed by atoms with Crippen LogP contribution in [-0.4, -0.2) is 11.2 Å². The van der Waals surface area contributed by atoms with Crippen LogP contribution < -0.4 is 0 Å². The molecule has 0 atom stereocenters. The Kier molecular flexibility index (Phi) is 2.48. The molecule has 14 heavy (non-hydrogen) atoms. The minimum atomic E-state index is -0.338. The van der Waals surface area contributed by atoms with Gasteiger partial charge in [-0.1, -0.05) is 0 Å². The second-order valence-electron chi connectivity index (χ2n) is 3.25. The summed E-state index contributed by atoms with van der Waals surface area (Å²) in [6.45, 7) is 0.262. The highest BCUT2D eigenvalue weighted by molar-refractivity contribution is 5.80. The third-order valence-corrected chi connectivity index (χ3v) is 2.27. The molecule has 2 aromatic rings. The van der Waals surface area contributed by atoms with E-state index in [1.165, 1.54) is 12.1 Å². The van der Waals surface area contributed by atoms with E-state index in [2.05, 4.69) is 0 Å². The van der Waals surface area contributed by atoms with Gasteiger partial charge in [0.15, 0.2) is 0 Å². The maximum Gasteiger partial charge on any atom is 0.125 e. The zero-order valence-corrected chi connectivity index (χ0v) is 7.71. The standard InChI is InChI=1S/C11H11F2N/c12-5-1-6-14-7-4-9-2-3-10(13)8-11(9)14/h2-4,7-8H,1,5-6H2. The molecule has 0 aliphatic rings. The second-order valence-corrected chi connectivity index (χ2v) is 3.25. The molecule has 0 aliphatic carbocycles. The molecule has 0 radical (unpaired) electrons. The molecule has 2 rings (SSSR count). The number of hydrogen-bond donors (Lipinski definition) is 0. The van der Waals surface area contributed by atoms with Crippen molar-refractivity contribution < 1.29 is 8.78 Å². The van der Waals surface area contributed by atoms with Gasteiger partial charge in [0.1, 0.15) is 5.82 Å². The lowest BCUT2D eigenvalue weighted by atomic mass is 10.2. The number of hydrogen-bond acceptors (Lipinski definition) is 0. The highest BCUT2D eigenvalue weighted by atomic mass is 19.1. The smallest absolute Gasteiger partial charge is 0.125 e. The van der Waals surface area contributed by atoms with Crippen LogP contribution in [-0.2, 0) is 6.54 Å². The van der Waals surface area contributed by atoms with E-state index in [-0.39, 0.29) is 12.5 Å². The normalized spacial score (nSPS) is 11.0. The Morgan fingerprint density at radius 2 is 2.07 bits per heavy atom. The molecular formula is C11H11F2N. The molecular weight excluding hydrogens is 184 g/mol. The van der Waals surface area contributed by atoms with Crippen LogP contribution >= 0.6 is 0 Å². The van der Waals surface area contributed by atoms with Crippen molar-refractivity contribution in [3.05, 3.63) is 36.3 Å². The van der Waals surface area contributed by atoms with Crippen LogP contribution in [0.15, 0.2) is 30.5 Å². The Morgan fingerprint density at radius 3 is 2.86 bits per heavy atom. The predicted molar refractivity (Wildman–Crippen MR) is 52.5 cm³/mol. The van der Waals surface area contributed by atoms with Crippen molar-refractivity contribution >= 4 is 10.9 Å². The summed E-state index contributed by atoms with van der Waals surface area (Å²) >= 11 is 0. The van der Waals surface area contributed by atoms with E-state index in [9.17, 15) is 8.78 Å². The van der Waals surface area contributed by atoms with E-state index >= 15 is 0 Å². The lowest BCUT2D eigenvalue weighted by Gasteiger charge is -2.02. The van der Waals surface area contributed by atoms with Crippen molar-refractivity contribution in [3.8, 4) is 0 Å². The van der Waals surface area contributed by atoms with Gasteiger partial charge in [0, 0.05) is 12.7 Å². The SMILES string of the molecule is FCCCn1ccc2ccc(F)cc21. The molecule has 0 aliphatic heterocycles. The molecule has 0 saturated carbocycles. The first-order valence-corrected chi connectivity index (χ1v) is 4.61. The highest BCUT2D eigenvalue weighted by Crippen LogP contribution is 2.17. The van der Waals surface area contributed by atoms with Crippen LogP contribution in [0.4, 0.5) is 8.78 Å². The predicted octanol–water partition coefficient (Wildman–Crippen LogP) is 3.14. The van der Waals surface area contributed by atoms with E-state index in [0.29, 0.717) is 13.0 Å². The topological polar surface area (TPSA) is 4.93 Å². The summed E-state index contributed by atoms with van der Waals surface area (Å²) in [6, 6.07) is 6.55. The quantitative estimate of drug-likeness (QED) is 0.709. The molecule has 0 bridgehead atoms. The zero-order chi connectivity index (χ0) is 9.97. The Morgan fingerprint density at radius 1 is 1.21 bits per heavy atom. The fraction of sp³-hybridized carbons (Fsp3) is 0.273. The monoisotopic (exact) mass is 195 g/mol. The molecule has 0 fully saturated rings. The van der Waals surface area contributed by atoms with Gasteiger partial charge in [-0.2, -0.15) is 0 Å². The number of aromatic nitrogens is 1. The molecule has 74 valence electrons.